The van der Waals surface area contributed by atoms with Crippen LogP contribution in [-0.2, 0) is 14.9 Å². The molecule has 0 radical (unpaired) electrons. The molecule has 0 unspecified atom stereocenters. The highest BCUT2D eigenvalue weighted by Crippen LogP contribution is 2.25. The van der Waals surface area contributed by atoms with Crippen LogP contribution in [-0.4, -0.2) is 42.9 Å². The fourth-order valence-corrected chi connectivity index (χ4v) is 2.90. The third-order valence-corrected chi connectivity index (χ3v) is 4.44. The highest BCUT2D eigenvalue weighted by atomic mass is 32.2. The molecule has 0 atom stereocenters. The van der Waals surface area contributed by atoms with Crippen LogP contribution in [0.5, 0.6) is 0 Å². The average molecular weight is 293 g/mol. The molecule has 0 bridgehead atoms. The molecule has 0 spiro atoms. The van der Waals surface area contributed by atoms with Crippen molar-refractivity contribution in [1.29, 1.82) is 0 Å². The number of carbonyl (C=O) groups excluding carboxylic acids is 1. The van der Waals surface area contributed by atoms with Crippen molar-refractivity contribution < 1.29 is 9.53 Å². The molecule has 1 saturated heterocycles. The van der Waals surface area contributed by atoms with E-state index < -0.39 is 0 Å². The molecule has 1 heterocycles. The molecule has 1 aromatic carbocycles. The largest absolute Gasteiger partial charge is 0.378 e. The van der Waals surface area contributed by atoms with Crippen molar-refractivity contribution >= 4 is 17.7 Å². The quantitative estimate of drug-likeness (QED) is 0.803. The van der Waals surface area contributed by atoms with Gasteiger partial charge in [0.15, 0.2) is 0 Å². The van der Waals surface area contributed by atoms with E-state index in [-0.39, 0.29) is 11.3 Å². The first-order chi connectivity index (χ1) is 9.47. The number of rotatable bonds is 3. The fourth-order valence-electron chi connectivity index (χ4n) is 2.10. The summed E-state index contributed by atoms with van der Waals surface area (Å²) in [6.07, 6.45) is 0. The Morgan fingerprint density at radius 3 is 2.35 bits per heavy atom. The number of amides is 1. The Labute approximate surface area is 125 Å². The molecule has 4 heteroatoms. The van der Waals surface area contributed by atoms with Gasteiger partial charge in [-0.2, -0.15) is 0 Å². The topological polar surface area (TPSA) is 29.5 Å². The van der Waals surface area contributed by atoms with Crippen LogP contribution in [0.2, 0.25) is 0 Å². The summed E-state index contributed by atoms with van der Waals surface area (Å²) in [5.41, 5.74) is 1.49. The lowest BCUT2D eigenvalue weighted by molar-refractivity contribution is -0.132. The SMILES string of the molecule is CC(C)(C)c1ccc(SCC(=O)N2CCOCC2)cc1. The molecule has 20 heavy (non-hydrogen) atoms. The van der Waals surface area contributed by atoms with E-state index in [9.17, 15) is 4.79 Å². The summed E-state index contributed by atoms with van der Waals surface area (Å²) in [5.74, 6) is 0.715. The van der Waals surface area contributed by atoms with Crippen LogP contribution < -0.4 is 0 Å². The highest BCUT2D eigenvalue weighted by Gasteiger charge is 2.17. The standard InChI is InChI=1S/C16H23NO2S/c1-16(2,3)13-4-6-14(7-5-13)20-12-15(18)17-8-10-19-11-9-17/h4-7H,8-12H2,1-3H3. The van der Waals surface area contributed by atoms with Gasteiger partial charge in [-0.25, -0.2) is 0 Å². The summed E-state index contributed by atoms with van der Waals surface area (Å²) in [4.78, 5) is 15.1. The van der Waals surface area contributed by atoms with Crippen molar-refractivity contribution in [3.8, 4) is 0 Å². The minimum Gasteiger partial charge on any atom is -0.378 e. The average Bonchev–Trinajstić information content (AvgIpc) is 2.45. The molecule has 2 rings (SSSR count). The number of hydrogen-bond acceptors (Lipinski definition) is 3. The van der Waals surface area contributed by atoms with Gasteiger partial charge in [-0.1, -0.05) is 32.9 Å². The summed E-state index contributed by atoms with van der Waals surface area (Å²) in [6, 6.07) is 8.53. The summed E-state index contributed by atoms with van der Waals surface area (Å²) >= 11 is 1.61. The number of ether oxygens (including phenoxy) is 1. The van der Waals surface area contributed by atoms with E-state index in [2.05, 4.69) is 45.0 Å². The third-order valence-electron chi connectivity index (χ3n) is 3.45. The van der Waals surface area contributed by atoms with Gasteiger partial charge >= 0.3 is 0 Å². The molecular weight excluding hydrogens is 270 g/mol. The molecular formula is C16H23NO2S. The van der Waals surface area contributed by atoms with Crippen LogP contribution in [0.4, 0.5) is 0 Å². The smallest absolute Gasteiger partial charge is 0.233 e. The number of thioether (sulfide) groups is 1. The van der Waals surface area contributed by atoms with Gasteiger partial charge < -0.3 is 9.64 Å². The first-order valence-electron chi connectivity index (χ1n) is 7.06. The predicted molar refractivity (Wildman–Crippen MR) is 83.3 cm³/mol. The second kappa shape index (κ2) is 6.64. The zero-order chi connectivity index (χ0) is 14.6. The zero-order valence-corrected chi connectivity index (χ0v) is 13.3. The Hall–Kier alpha value is -1.00. The molecule has 0 N–H and O–H groups in total. The number of hydrogen-bond donors (Lipinski definition) is 0. The minimum absolute atomic E-state index is 0.173. The van der Waals surface area contributed by atoms with Gasteiger partial charge in [0, 0.05) is 18.0 Å². The summed E-state index contributed by atoms with van der Waals surface area (Å²) in [7, 11) is 0. The maximum Gasteiger partial charge on any atom is 0.233 e. The van der Waals surface area contributed by atoms with Crippen LogP contribution in [0.1, 0.15) is 26.3 Å². The lowest BCUT2D eigenvalue weighted by atomic mass is 9.87. The first-order valence-corrected chi connectivity index (χ1v) is 8.04. The minimum atomic E-state index is 0.173. The van der Waals surface area contributed by atoms with Gasteiger partial charge in [0.1, 0.15) is 0 Å². The van der Waals surface area contributed by atoms with Crippen LogP contribution in [0.25, 0.3) is 0 Å². The van der Waals surface area contributed by atoms with Crippen molar-refractivity contribution in [3.63, 3.8) is 0 Å². The summed E-state index contributed by atoms with van der Waals surface area (Å²) in [6.45, 7) is 9.39. The lowest BCUT2D eigenvalue weighted by Gasteiger charge is -2.26. The number of nitrogens with zero attached hydrogens (tertiary/aromatic N) is 1. The molecule has 0 aromatic heterocycles. The molecule has 1 amide bonds. The Balaban J connectivity index is 1.86. The fraction of sp³-hybridized carbons (Fsp3) is 0.562. The van der Waals surface area contributed by atoms with Crippen LogP contribution in [0.3, 0.4) is 0 Å². The van der Waals surface area contributed by atoms with E-state index >= 15 is 0 Å². The van der Waals surface area contributed by atoms with E-state index in [4.69, 9.17) is 4.74 Å². The van der Waals surface area contributed by atoms with E-state index in [1.165, 1.54) is 5.56 Å². The van der Waals surface area contributed by atoms with Crippen molar-refractivity contribution in [2.75, 3.05) is 32.1 Å². The van der Waals surface area contributed by atoms with E-state index in [1.807, 2.05) is 4.90 Å². The van der Waals surface area contributed by atoms with Gasteiger partial charge in [-0.05, 0) is 23.1 Å². The molecule has 0 aliphatic carbocycles. The predicted octanol–water partition coefficient (Wildman–Crippen LogP) is 2.94. The zero-order valence-electron chi connectivity index (χ0n) is 12.5. The molecule has 1 aliphatic rings. The summed E-state index contributed by atoms with van der Waals surface area (Å²) in [5, 5.41) is 0. The maximum atomic E-state index is 12.0. The van der Waals surface area contributed by atoms with Crippen LogP contribution in [0, 0.1) is 0 Å². The van der Waals surface area contributed by atoms with Crippen molar-refractivity contribution in [2.45, 2.75) is 31.1 Å². The highest BCUT2D eigenvalue weighted by molar-refractivity contribution is 8.00. The number of carbonyl (C=O) groups is 1. The summed E-state index contributed by atoms with van der Waals surface area (Å²) < 4.78 is 5.26. The van der Waals surface area contributed by atoms with E-state index in [1.54, 1.807) is 11.8 Å². The second-order valence-corrected chi connectivity index (χ2v) is 7.10. The molecule has 1 aliphatic heterocycles. The Morgan fingerprint density at radius 1 is 1.20 bits per heavy atom. The molecule has 110 valence electrons. The third kappa shape index (κ3) is 4.25. The monoisotopic (exact) mass is 293 g/mol. The van der Waals surface area contributed by atoms with Crippen LogP contribution >= 0.6 is 11.8 Å². The molecule has 1 fully saturated rings. The van der Waals surface area contributed by atoms with E-state index in [0.29, 0.717) is 19.0 Å². The molecule has 3 nitrogen and oxygen atoms in total. The Kier molecular flexibility index (Phi) is 5.11. The van der Waals surface area contributed by atoms with Gasteiger partial charge in [0.05, 0.1) is 19.0 Å². The molecule has 1 aromatic rings. The number of morpholine rings is 1. The first kappa shape index (κ1) is 15.4. The van der Waals surface area contributed by atoms with Gasteiger partial charge in [0.25, 0.3) is 0 Å². The van der Waals surface area contributed by atoms with Gasteiger partial charge in [0.2, 0.25) is 5.91 Å². The van der Waals surface area contributed by atoms with E-state index in [0.717, 1.165) is 18.0 Å². The van der Waals surface area contributed by atoms with Crippen LogP contribution in [0.15, 0.2) is 29.2 Å². The van der Waals surface area contributed by atoms with Crippen molar-refractivity contribution in [2.24, 2.45) is 0 Å². The van der Waals surface area contributed by atoms with Crippen molar-refractivity contribution in [3.05, 3.63) is 29.8 Å². The Bertz CT molecular complexity index is 445. The number of benzene rings is 1. The van der Waals surface area contributed by atoms with Gasteiger partial charge in [-0.3, -0.25) is 4.79 Å². The normalized spacial score (nSPS) is 16.2. The van der Waals surface area contributed by atoms with Gasteiger partial charge in [-0.15, -0.1) is 11.8 Å². The lowest BCUT2D eigenvalue weighted by Crippen LogP contribution is -2.41. The van der Waals surface area contributed by atoms with Crippen molar-refractivity contribution in [1.82, 2.24) is 4.90 Å². The second-order valence-electron chi connectivity index (χ2n) is 6.06. The maximum absolute atomic E-state index is 12.0. The molecule has 0 saturated carbocycles. The Morgan fingerprint density at radius 2 is 1.80 bits per heavy atom.